The number of nitrogens with zero attached hydrogens (tertiary/aromatic N) is 2. The van der Waals surface area contributed by atoms with E-state index in [1.165, 1.54) is 30.3 Å². The number of carbonyl (C=O) groups is 1. The molecule has 0 N–H and O–H groups in total. The second-order valence-corrected chi connectivity index (χ2v) is 7.57. The van der Waals surface area contributed by atoms with Crippen LogP contribution in [0.25, 0.3) is 11.1 Å². The summed E-state index contributed by atoms with van der Waals surface area (Å²) in [6.45, 7) is 5.45. The predicted octanol–water partition coefficient (Wildman–Crippen LogP) is 4.89. The maximum absolute atomic E-state index is 12.9. The molecule has 1 atom stereocenters. The van der Waals surface area contributed by atoms with Crippen molar-refractivity contribution in [1.82, 2.24) is 9.78 Å². The second-order valence-electron chi connectivity index (χ2n) is 7.14. The van der Waals surface area contributed by atoms with Gasteiger partial charge in [-0.1, -0.05) is 41.4 Å². The molecular weight excluding hydrogens is 388 g/mol. The summed E-state index contributed by atoms with van der Waals surface area (Å²) in [6.07, 6.45) is 0.660. The lowest BCUT2D eigenvalue weighted by atomic mass is 9.98. The molecule has 0 spiro atoms. The third-order valence-corrected chi connectivity index (χ3v) is 5.03. The summed E-state index contributed by atoms with van der Waals surface area (Å²) in [4.78, 5) is 24.9. The Morgan fingerprint density at radius 1 is 1.17 bits per heavy atom. The normalized spacial score (nSPS) is 11.9. The Morgan fingerprint density at radius 2 is 1.93 bits per heavy atom. The summed E-state index contributed by atoms with van der Waals surface area (Å²) in [6, 6.07) is 14.4. The number of Topliss-reactive ketones (excluding diaryl/α,β-unsaturated/α-hetero) is 1. The number of carbonyl (C=O) groups excluding carboxylic acids is 1. The van der Waals surface area contributed by atoms with Gasteiger partial charge in [-0.3, -0.25) is 9.59 Å². The molecular formula is C23H23ClN2O3. The number of halogens is 1. The van der Waals surface area contributed by atoms with Crippen molar-refractivity contribution in [3.63, 3.8) is 0 Å². The molecule has 150 valence electrons. The number of ether oxygens (including phenoxy) is 1. The van der Waals surface area contributed by atoms with Crippen LogP contribution < -0.4 is 10.3 Å². The SMILES string of the molecule is COc1nn(C(C)Cc2cccc(C)c2)c(=O)cc1-c1cc(Cl)ccc1C(C)=O. The molecule has 0 fully saturated rings. The van der Waals surface area contributed by atoms with Gasteiger partial charge in [0.15, 0.2) is 5.78 Å². The van der Waals surface area contributed by atoms with E-state index < -0.39 is 0 Å². The summed E-state index contributed by atoms with van der Waals surface area (Å²) >= 11 is 6.14. The molecule has 0 amide bonds. The molecule has 0 saturated carbocycles. The fourth-order valence-electron chi connectivity index (χ4n) is 3.42. The predicted molar refractivity (Wildman–Crippen MR) is 115 cm³/mol. The van der Waals surface area contributed by atoms with Gasteiger partial charge in [-0.05, 0) is 56.5 Å². The number of aromatic nitrogens is 2. The van der Waals surface area contributed by atoms with Gasteiger partial charge in [0.1, 0.15) is 0 Å². The maximum Gasteiger partial charge on any atom is 0.267 e. The lowest BCUT2D eigenvalue weighted by molar-refractivity contribution is 0.101. The minimum atomic E-state index is -0.268. The van der Waals surface area contributed by atoms with Crippen LogP contribution in [-0.2, 0) is 6.42 Å². The standard InChI is InChI=1S/C23H23ClN2O3/c1-14-6-5-7-17(10-14)11-15(2)26-22(28)13-21(23(25-26)29-4)20-12-18(24)8-9-19(20)16(3)27/h5-10,12-13,15H,11H2,1-4H3. The zero-order valence-corrected chi connectivity index (χ0v) is 17.7. The Hall–Kier alpha value is -2.92. The van der Waals surface area contributed by atoms with Crippen LogP contribution in [0.15, 0.2) is 53.3 Å². The van der Waals surface area contributed by atoms with Gasteiger partial charge in [0, 0.05) is 16.7 Å². The highest BCUT2D eigenvalue weighted by atomic mass is 35.5. The van der Waals surface area contributed by atoms with Crippen LogP contribution in [0.2, 0.25) is 5.02 Å². The molecule has 1 unspecified atom stereocenters. The Balaban J connectivity index is 2.06. The van der Waals surface area contributed by atoms with Crippen LogP contribution in [0, 0.1) is 6.92 Å². The first kappa shape index (κ1) is 20.8. The van der Waals surface area contributed by atoms with Crippen molar-refractivity contribution in [3.05, 3.63) is 80.6 Å². The summed E-state index contributed by atoms with van der Waals surface area (Å²) in [5.41, 5.74) is 3.47. The smallest absolute Gasteiger partial charge is 0.267 e. The summed E-state index contributed by atoms with van der Waals surface area (Å²) in [5, 5.41) is 4.91. The maximum atomic E-state index is 12.9. The highest BCUT2D eigenvalue weighted by molar-refractivity contribution is 6.31. The van der Waals surface area contributed by atoms with E-state index in [1.807, 2.05) is 32.0 Å². The molecule has 0 radical (unpaired) electrons. The van der Waals surface area contributed by atoms with Gasteiger partial charge in [-0.2, -0.15) is 0 Å². The first-order valence-electron chi connectivity index (χ1n) is 9.34. The van der Waals surface area contributed by atoms with E-state index in [2.05, 4.69) is 11.2 Å². The van der Waals surface area contributed by atoms with Crippen LogP contribution in [0.5, 0.6) is 5.88 Å². The number of methoxy groups -OCH3 is 1. The van der Waals surface area contributed by atoms with E-state index in [-0.39, 0.29) is 23.3 Å². The van der Waals surface area contributed by atoms with Gasteiger partial charge in [-0.25, -0.2) is 4.68 Å². The molecule has 1 heterocycles. The molecule has 5 nitrogen and oxygen atoms in total. The van der Waals surface area contributed by atoms with Gasteiger partial charge >= 0.3 is 0 Å². The lowest BCUT2D eigenvalue weighted by Crippen LogP contribution is -2.27. The zero-order chi connectivity index (χ0) is 21.1. The highest BCUT2D eigenvalue weighted by Gasteiger charge is 2.19. The molecule has 2 aromatic carbocycles. The second kappa shape index (κ2) is 8.62. The van der Waals surface area contributed by atoms with Gasteiger partial charge < -0.3 is 4.74 Å². The van der Waals surface area contributed by atoms with E-state index in [9.17, 15) is 9.59 Å². The molecule has 0 aliphatic heterocycles. The molecule has 29 heavy (non-hydrogen) atoms. The summed E-state index contributed by atoms with van der Waals surface area (Å²) in [5.74, 6) is 0.140. The largest absolute Gasteiger partial charge is 0.480 e. The van der Waals surface area contributed by atoms with Crippen molar-refractivity contribution in [2.75, 3.05) is 7.11 Å². The topological polar surface area (TPSA) is 61.2 Å². The lowest BCUT2D eigenvalue weighted by Gasteiger charge is -2.17. The molecule has 3 aromatic rings. The third kappa shape index (κ3) is 4.57. The van der Waals surface area contributed by atoms with Gasteiger partial charge in [0.05, 0.1) is 18.7 Å². The van der Waals surface area contributed by atoms with Crippen LogP contribution in [-0.4, -0.2) is 22.7 Å². The number of rotatable bonds is 6. The molecule has 0 bridgehead atoms. The monoisotopic (exact) mass is 410 g/mol. The molecule has 0 aliphatic carbocycles. The van der Waals surface area contributed by atoms with Crippen molar-refractivity contribution in [3.8, 4) is 17.0 Å². The van der Waals surface area contributed by atoms with Crippen molar-refractivity contribution in [1.29, 1.82) is 0 Å². The van der Waals surface area contributed by atoms with Crippen LogP contribution >= 0.6 is 11.6 Å². The minimum Gasteiger partial charge on any atom is -0.480 e. The first-order valence-corrected chi connectivity index (χ1v) is 9.72. The van der Waals surface area contributed by atoms with E-state index >= 15 is 0 Å². The average molecular weight is 411 g/mol. The van der Waals surface area contributed by atoms with Crippen molar-refractivity contribution in [2.24, 2.45) is 0 Å². The minimum absolute atomic E-state index is 0.129. The number of benzene rings is 2. The molecule has 3 rings (SSSR count). The fourth-order valence-corrected chi connectivity index (χ4v) is 3.60. The van der Waals surface area contributed by atoms with E-state index in [0.717, 1.165) is 5.56 Å². The van der Waals surface area contributed by atoms with Gasteiger partial charge in [0.25, 0.3) is 5.56 Å². The van der Waals surface area contributed by atoms with Crippen molar-refractivity contribution >= 4 is 17.4 Å². The molecule has 0 aliphatic rings. The van der Waals surface area contributed by atoms with Crippen molar-refractivity contribution < 1.29 is 9.53 Å². The van der Waals surface area contributed by atoms with E-state index in [4.69, 9.17) is 16.3 Å². The first-order chi connectivity index (χ1) is 13.8. The Morgan fingerprint density at radius 3 is 2.59 bits per heavy atom. The number of aryl methyl sites for hydroxylation is 1. The Labute approximate surface area is 174 Å². The highest BCUT2D eigenvalue weighted by Crippen LogP contribution is 2.32. The Kier molecular flexibility index (Phi) is 6.18. The fraction of sp³-hybridized carbons (Fsp3) is 0.261. The van der Waals surface area contributed by atoms with Gasteiger partial charge in [0.2, 0.25) is 5.88 Å². The number of ketones is 1. The number of hydrogen-bond donors (Lipinski definition) is 0. The van der Waals surface area contributed by atoms with Crippen LogP contribution in [0.3, 0.4) is 0 Å². The van der Waals surface area contributed by atoms with Crippen molar-refractivity contribution in [2.45, 2.75) is 33.2 Å². The molecule has 0 saturated heterocycles. The zero-order valence-electron chi connectivity index (χ0n) is 16.9. The average Bonchev–Trinajstić information content (AvgIpc) is 2.67. The quantitative estimate of drug-likeness (QED) is 0.543. The number of hydrogen-bond acceptors (Lipinski definition) is 4. The van der Waals surface area contributed by atoms with Crippen LogP contribution in [0.4, 0.5) is 0 Å². The summed E-state index contributed by atoms with van der Waals surface area (Å²) in [7, 11) is 1.49. The van der Waals surface area contributed by atoms with Gasteiger partial charge in [-0.15, -0.1) is 5.10 Å². The summed E-state index contributed by atoms with van der Waals surface area (Å²) < 4.78 is 6.88. The third-order valence-electron chi connectivity index (χ3n) is 4.80. The van der Waals surface area contributed by atoms with E-state index in [0.29, 0.717) is 28.1 Å². The van der Waals surface area contributed by atoms with E-state index in [1.54, 1.807) is 18.2 Å². The Bertz CT molecular complexity index is 1120. The molecule has 6 heteroatoms. The molecule has 1 aromatic heterocycles. The van der Waals surface area contributed by atoms with Crippen LogP contribution in [0.1, 0.15) is 41.4 Å².